The van der Waals surface area contributed by atoms with Crippen molar-refractivity contribution in [1.29, 1.82) is 5.26 Å². The zero-order valence-electron chi connectivity index (χ0n) is 15.8. The standard InChI is InChI=1S/C19H26N4O4/c1-12(2)15(18(25)22-16(17(21)24)13(3)9-10-20)23-19(26)27-11-14-7-5-4-6-8-14/h4-8,12-13,15-16H,9,11H2,1-3H3,(H2,21,24)(H,22,25)(H,23,26)/t13-,15+,16+/m1/s1. The van der Waals surface area contributed by atoms with Crippen LogP contribution in [0.3, 0.4) is 0 Å². The van der Waals surface area contributed by atoms with Crippen molar-refractivity contribution in [3.63, 3.8) is 0 Å². The topological polar surface area (TPSA) is 134 Å². The van der Waals surface area contributed by atoms with Crippen molar-refractivity contribution in [2.75, 3.05) is 0 Å². The van der Waals surface area contributed by atoms with Gasteiger partial charge >= 0.3 is 6.09 Å². The largest absolute Gasteiger partial charge is 0.445 e. The third-order valence-electron chi connectivity index (χ3n) is 4.02. The summed E-state index contributed by atoms with van der Waals surface area (Å²) in [5, 5.41) is 13.8. The highest BCUT2D eigenvalue weighted by atomic mass is 16.5. The molecule has 1 aromatic rings. The number of primary amides is 1. The van der Waals surface area contributed by atoms with Crippen LogP contribution in [-0.4, -0.2) is 30.0 Å². The van der Waals surface area contributed by atoms with E-state index in [-0.39, 0.29) is 18.9 Å². The van der Waals surface area contributed by atoms with Crippen molar-refractivity contribution in [2.24, 2.45) is 17.6 Å². The molecule has 8 heteroatoms. The second-order valence-electron chi connectivity index (χ2n) is 6.66. The molecular formula is C19H26N4O4. The summed E-state index contributed by atoms with van der Waals surface area (Å²) < 4.78 is 5.13. The molecule has 0 aliphatic rings. The molecule has 0 unspecified atom stereocenters. The van der Waals surface area contributed by atoms with Gasteiger partial charge < -0.3 is 21.1 Å². The molecule has 0 spiro atoms. The maximum absolute atomic E-state index is 12.5. The van der Waals surface area contributed by atoms with E-state index in [9.17, 15) is 14.4 Å². The van der Waals surface area contributed by atoms with Crippen LogP contribution in [0, 0.1) is 23.2 Å². The average Bonchev–Trinajstić information content (AvgIpc) is 2.62. The maximum atomic E-state index is 12.5. The van der Waals surface area contributed by atoms with Gasteiger partial charge in [-0.05, 0) is 17.4 Å². The first kappa shape index (κ1) is 22.0. The lowest BCUT2D eigenvalue weighted by Gasteiger charge is -2.26. The lowest BCUT2D eigenvalue weighted by Crippen LogP contribution is -2.56. The first-order valence-electron chi connectivity index (χ1n) is 8.70. The number of carbonyl (C=O) groups excluding carboxylic acids is 3. The predicted octanol–water partition coefficient (Wildman–Crippen LogP) is 1.46. The Morgan fingerprint density at radius 2 is 1.74 bits per heavy atom. The number of ether oxygens (including phenoxy) is 1. The molecule has 0 saturated carbocycles. The summed E-state index contributed by atoms with van der Waals surface area (Å²) in [5.41, 5.74) is 6.15. The Morgan fingerprint density at radius 1 is 1.11 bits per heavy atom. The van der Waals surface area contributed by atoms with Gasteiger partial charge in [0.15, 0.2) is 0 Å². The molecule has 0 fully saturated rings. The molecule has 1 aromatic carbocycles. The third kappa shape index (κ3) is 7.36. The number of nitrogens with two attached hydrogens (primary N) is 1. The second kappa shape index (κ2) is 10.8. The van der Waals surface area contributed by atoms with E-state index in [1.165, 1.54) is 0 Å². The highest BCUT2D eigenvalue weighted by Crippen LogP contribution is 2.10. The molecule has 3 amide bonds. The Balaban J connectivity index is 2.70. The number of hydrogen-bond acceptors (Lipinski definition) is 5. The second-order valence-corrected chi connectivity index (χ2v) is 6.66. The van der Waals surface area contributed by atoms with E-state index < -0.39 is 35.9 Å². The summed E-state index contributed by atoms with van der Waals surface area (Å²) in [6, 6.07) is 9.16. The zero-order valence-corrected chi connectivity index (χ0v) is 15.8. The first-order valence-corrected chi connectivity index (χ1v) is 8.70. The van der Waals surface area contributed by atoms with Crippen LogP contribution in [0.5, 0.6) is 0 Å². The molecule has 4 N–H and O–H groups in total. The lowest BCUT2D eigenvalue weighted by atomic mass is 9.96. The van der Waals surface area contributed by atoms with Crippen LogP contribution >= 0.6 is 0 Å². The van der Waals surface area contributed by atoms with E-state index in [0.29, 0.717) is 0 Å². The van der Waals surface area contributed by atoms with Crippen molar-refractivity contribution in [2.45, 2.75) is 45.9 Å². The van der Waals surface area contributed by atoms with Gasteiger partial charge in [0.05, 0.1) is 6.07 Å². The Morgan fingerprint density at radius 3 is 2.26 bits per heavy atom. The van der Waals surface area contributed by atoms with Gasteiger partial charge in [0.1, 0.15) is 18.7 Å². The van der Waals surface area contributed by atoms with Crippen LogP contribution in [0.25, 0.3) is 0 Å². The molecule has 146 valence electrons. The molecular weight excluding hydrogens is 348 g/mol. The van der Waals surface area contributed by atoms with Crippen molar-refractivity contribution in [3.05, 3.63) is 35.9 Å². The van der Waals surface area contributed by atoms with Gasteiger partial charge in [0, 0.05) is 6.42 Å². The van der Waals surface area contributed by atoms with Crippen LogP contribution in [0.1, 0.15) is 32.8 Å². The van der Waals surface area contributed by atoms with Crippen molar-refractivity contribution in [3.8, 4) is 6.07 Å². The Hall–Kier alpha value is -3.08. The summed E-state index contributed by atoms with van der Waals surface area (Å²) in [4.78, 5) is 36.2. The fraction of sp³-hybridized carbons (Fsp3) is 0.474. The van der Waals surface area contributed by atoms with Crippen molar-refractivity contribution in [1.82, 2.24) is 10.6 Å². The molecule has 0 bridgehead atoms. The fourth-order valence-electron chi connectivity index (χ4n) is 2.43. The van der Waals surface area contributed by atoms with E-state index in [1.54, 1.807) is 20.8 Å². The van der Waals surface area contributed by atoms with E-state index in [1.807, 2.05) is 36.4 Å². The molecule has 27 heavy (non-hydrogen) atoms. The van der Waals surface area contributed by atoms with E-state index in [4.69, 9.17) is 15.7 Å². The van der Waals surface area contributed by atoms with Gasteiger partial charge in [0.25, 0.3) is 0 Å². The number of benzene rings is 1. The summed E-state index contributed by atoms with van der Waals surface area (Å²) in [6.07, 6.45) is -0.680. The van der Waals surface area contributed by atoms with Crippen molar-refractivity contribution >= 4 is 17.9 Å². The van der Waals surface area contributed by atoms with Crippen LogP contribution in [0.4, 0.5) is 4.79 Å². The lowest BCUT2D eigenvalue weighted by molar-refractivity contribution is -0.130. The summed E-state index contributed by atoms with van der Waals surface area (Å²) in [6.45, 7) is 5.21. The summed E-state index contributed by atoms with van der Waals surface area (Å²) >= 11 is 0. The number of nitrogens with one attached hydrogen (secondary N) is 2. The Labute approximate surface area is 159 Å². The van der Waals surface area contributed by atoms with Gasteiger partial charge in [-0.2, -0.15) is 5.26 Å². The minimum absolute atomic E-state index is 0.0623. The van der Waals surface area contributed by atoms with Gasteiger partial charge in [-0.3, -0.25) is 9.59 Å². The van der Waals surface area contributed by atoms with Gasteiger partial charge in [0.2, 0.25) is 11.8 Å². The monoisotopic (exact) mass is 374 g/mol. The van der Waals surface area contributed by atoms with E-state index in [0.717, 1.165) is 5.56 Å². The van der Waals surface area contributed by atoms with Gasteiger partial charge in [-0.15, -0.1) is 0 Å². The van der Waals surface area contributed by atoms with Gasteiger partial charge in [-0.1, -0.05) is 51.1 Å². The van der Waals surface area contributed by atoms with Crippen LogP contribution in [0.15, 0.2) is 30.3 Å². The molecule has 0 aliphatic carbocycles. The summed E-state index contributed by atoms with van der Waals surface area (Å²) in [7, 11) is 0. The highest BCUT2D eigenvalue weighted by molar-refractivity contribution is 5.91. The van der Waals surface area contributed by atoms with E-state index in [2.05, 4.69) is 10.6 Å². The smallest absolute Gasteiger partial charge is 0.408 e. The number of nitrogens with zero attached hydrogens (tertiary/aromatic N) is 1. The normalized spacial score (nSPS) is 13.7. The molecule has 0 heterocycles. The fourth-order valence-corrected chi connectivity index (χ4v) is 2.43. The third-order valence-corrected chi connectivity index (χ3v) is 4.02. The average molecular weight is 374 g/mol. The number of hydrogen-bond donors (Lipinski definition) is 3. The van der Waals surface area contributed by atoms with Crippen molar-refractivity contribution < 1.29 is 19.1 Å². The number of rotatable bonds is 9. The first-order chi connectivity index (χ1) is 12.8. The van der Waals surface area contributed by atoms with Crippen LogP contribution in [0.2, 0.25) is 0 Å². The zero-order chi connectivity index (χ0) is 20.4. The predicted molar refractivity (Wildman–Crippen MR) is 98.9 cm³/mol. The minimum Gasteiger partial charge on any atom is -0.445 e. The molecule has 0 aromatic heterocycles. The molecule has 0 aliphatic heterocycles. The molecule has 0 radical (unpaired) electrons. The highest BCUT2D eigenvalue weighted by Gasteiger charge is 2.30. The number of alkyl carbamates (subject to hydrolysis) is 1. The summed E-state index contributed by atoms with van der Waals surface area (Å²) in [5.74, 6) is -2.00. The number of amides is 3. The molecule has 1 rings (SSSR count). The van der Waals surface area contributed by atoms with Crippen LogP contribution < -0.4 is 16.4 Å². The number of carbonyl (C=O) groups is 3. The molecule has 0 saturated heterocycles. The van der Waals surface area contributed by atoms with Crippen LogP contribution in [-0.2, 0) is 20.9 Å². The van der Waals surface area contributed by atoms with Gasteiger partial charge in [-0.25, -0.2) is 4.79 Å². The van der Waals surface area contributed by atoms with E-state index >= 15 is 0 Å². The Kier molecular flexibility index (Phi) is 8.79. The maximum Gasteiger partial charge on any atom is 0.408 e. The SMILES string of the molecule is CC(C)[C@H](NC(=O)OCc1ccccc1)C(=O)N[C@H](C(N)=O)[C@H](C)CC#N. The molecule has 3 atom stereocenters. The Bertz CT molecular complexity index is 685. The number of nitriles is 1. The molecule has 8 nitrogen and oxygen atoms in total. The quantitative estimate of drug-likeness (QED) is 0.601. The minimum atomic E-state index is -1.000.